The van der Waals surface area contributed by atoms with Gasteiger partial charge in [0, 0.05) is 30.6 Å². The summed E-state index contributed by atoms with van der Waals surface area (Å²) in [6, 6.07) is 5.77. The van der Waals surface area contributed by atoms with Crippen molar-refractivity contribution in [2.75, 3.05) is 0 Å². The van der Waals surface area contributed by atoms with Crippen molar-refractivity contribution < 1.29 is 0 Å². The smallest absolute Gasteiger partial charge is 0.268 e. The van der Waals surface area contributed by atoms with Gasteiger partial charge in [-0.05, 0) is 44.9 Å². The molecule has 0 bridgehead atoms. The van der Waals surface area contributed by atoms with E-state index in [2.05, 4.69) is 15.9 Å². The van der Waals surface area contributed by atoms with E-state index in [1.807, 2.05) is 73.5 Å². The third-order valence-corrected chi connectivity index (χ3v) is 6.04. The Labute approximate surface area is 187 Å². The van der Waals surface area contributed by atoms with E-state index in [-0.39, 0.29) is 18.3 Å². The van der Waals surface area contributed by atoms with Crippen LogP contribution < -0.4 is 5.56 Å². The molecule has 32 heavy (non-hydrogen) atoms. The molecule has 1 saturated heterocycles. The first kappa shape index (κ1) is 21.8. The van der Waals surface area contributed by atoms with Gasteiger partial charge in [0.05, 0.1) is 28.0 Å². The third kappa shape index (κ3) is 3.91. The second-order valence-corrected chi connectivity index (χ2v) is 8.12. The van der Waals surface area contributed by atoms with Gasteiger partial charge in [0.1, 0.15) is 5.69 Å². The first-order valence-electron chi connectivity index (χ1n) is 11.3. The Balaban J connectivity index is 0.00000119. The van der Waals surface area contributed by atoms with Gasteiger partial charge in [-0.2, -0.15) is 0 Å². The first-order valence-corrected chi connectivity index (χ1v) is 11.3. The van der Waals surface area contributed by atoms with E-state index in [9.17, 15) is 4.79 Å². The van der Waals surface area contributed by atoms with Crippen LogP contribution in [0.1, 0.15) is 44.1 Å². The zero-order chi connectivity index (χ0) is 22.8. The lowest BCUT2D eigenvalue weighted by Gasteiger charge is -2.25. The van der Waals surface area contributed by atoms with Crippen molar-refractivity contribution >= 4 is 23.3 Å². The summed E-state index contributed by atoms with van der Waals surface area (Å²) in [4.78, 5) is 27.0. The number of hydrogen-bond acceptors (Lipinski definition) is 5. The van der Waals surface area contributed by atoms with Gasteiger partial charge in [-0.1, -0.05) is 26.5 Å². The van der Waals surface area contributed by atoms with Crippen molar-refractivity contribution in [2.45, 2.75) is 59.2 Å². The van der Waals surface area contributed by atoms with Gasteiger partial charge in [-0.25, -0.2) is 20.2 Å². The molecule has 0 unspecified atom stereocenters. The Kier molecular flexibility index (Phi) is 6.09. The molecule has 4 aromatic rings. The summed E-state index contributed by atoms with van der Waals surface area (Å²) in [5.74, 6) is 2.35. The predicted octanol–water partition coefficient (Wildman–Crippen LogP) is 4.64. The number of aryl methyl sites for hydroxylation is 2. The standard InChI is InChI=1S/C22H21BN6O.C2H6/c1-14-11-28-12-20(26-15(2)21(28)25-14)19-4-3-17-18(27-19)7-10-29(22(17)30)16-5-8-23(13-24)9-6-16;1-2/h3-4,7,10-12,16H,5-6,8-9H2,1-2H3;1-2H3. The number of imidazole rings is 1. The van der Waals surface area contributed by atoms with Crippen LogP contribution in [0.4, 0.5) is 0 Å². The van der Waals surface area contributed by atoms with Gasteiger partial charge in [0.15, 0.2) is 5.65 Å². The van der Waals surface area contributed by atoms with Crippen LogP contribution in [0.3, 0.4) is 0 Å². The number of pyridine rings is 2. The van der Waals surface area contributed by atoms with E-state index in [4.69, 9.17) is 10.2 Å². The highest BCUT2D eigenvalue weighted by molar-refractivity contribution is 6.67. The Morgan fingerprint density at radius 1 is 1.03 bits per heavy atom. The van der Waals surface area contributed by atoms with Crippen molar-refractivity contribution in [2.24, 2.45) is 0 Å². The van der Waals surface area contributed by atoms with Crippen molar-refractivity contribution in [3.8, 4) is 17.4 Å². The van der Waals surface area contributed by atoms with E-state index in [1.54, 1.807) is 0 Å². The number of aromatic nitrogens is 5. The molecule has 5 rings (SSSR count). The summed E-state index contributed by atoms with van der Waals surface area (Å²) in [7, 11) is 0. The van der Waals surface area contributed by atoms with Gasteiger partial charge in [0.25, 0.3) is 12.3 Å². The average molecular weight is 426 g/mol. The molecule has 5 heterocycles. The topological polar surface area (TPSA) is 88.9 Å². The second-order valence-electron chi connectivity index (χ2n) is 8.12. The summed E-state index contributed by atoms with van der Waals surface area (Å²) in [6.07, 6.45) is 9.17. The fraction of sp³-hybridized carbons (Fsp3) is 0.375. The molecule has 7 nitrogen and oxygen atoms in total. The van der Waals surface area contributed by atoms with Crippen molar-refractivity contribution in [3.05, 3.63) is 58.5 Å². The molecule has 0 radical (unpaired) electrons. The SMILES string of the molecule is CC.Cc1cn2cc(-c3ccc4c(=O)n(C5CCB(C#N)CC5)ccc4n3)nc(C)c2n1. The molecule has 0 spiro atoms. The van der Waals surface area contributed by atoms with Gasteiger partial charge in [-0.15, -0.1) is 0 Å². The maximum Gasteiger partial charge on any atom is 0.268 e. The monoisotopic (exact) mass is 426 g/mol. The van der Waals surface area contributed by atoms with Crippen LogP contribution in [-0.4, -0.2) is 30.6 Å². The second kappa shape index (κ2) is 8.95. The number of rotatable bonds is 2. The van der Waals surface area contributed by atoms with Gasteiger partial charge in [0.2, 0.25) is 0 Å². The lowest BCUT2D eigenvalue weighted by atomic mass is 9.42. The molecular weight excluding hydrogens is 399 g/mol. The molecule has 1 aliphatic heterocycles. The molecule has 0 atom stereocenters. The minimum atomic E-state index is -0.0169. The first-order chi connectivity index (χ1) is 15.5. The van der Waals surface area contributed by atoms with E-state index < -0.39 is 0 Å². The fourth-order valence-corrected chi connectivity index (χ4v) is 4.45. The van der Waals surface area contributed by atoms with Gasteiger partial charge >= 0.3 is 0 Å². The maximum absolute atomic E-state index is 13.1. The third-order valence-electron chi connectivity index (χ3n) is 6.04. The highest BCUT2D eigenvalue weighted by atomic mass is 16.1. The van der Waals surface area contributed by atoms with E-state index >= 15 is 0 Å². The Morgan fingerprint density at radius 2 is 1.78 bits per heavy atom. The summed E-state index contributed by atoms with van der Waals surface area (Å²) in [5, 5.41) is 9.71. The lowest BCUT2D eigenvalue weighted by molar-refractivity contribution is 0.445. The zero-order valence-corrected chi connectivity index (χ0v) is 19.0. The minimum Gasteiger partial charge on any atom is -0.312 e. The Morgan fingerprint density at radius 3 is 2.50 bits per heavy atom. The number of nitriles is 1. The summed E-state index contributed by atoms with van der Waals surface area (Å²) < 4.78 is 3.79. The summed E-state index contributed by atoms with van der Waals surface area (Å²) in [6.45, 7) is 8.01. The molecule has 0 N–H and O–H groups in total. The van der Waals surface area contributed by atoms with Crippen molar-refractivity contribution in [1.82, 2.24) is 23.9 Å². The molecule has 0 saturated carbocycles. The van der Waals surface area contributed by atoms with E-state index in [0.717, 1.165) is 53.9 Å². The zero-order valence-electron chi connectivity index (χ0n) is 19.0. The van der Waals surface area contributed by atoms with Crippen LogP contribution in [0.5, 0.6) is 0 Å². The maximum atomic E-state index is 13.1. The Hall–Kier alpha value is -3.47. The van der Waals surface area contributed by atoms with E-state index in [0.29, 0.717) is 10.9 Å². The largest absolute Gasteiger partial charge is 0.312 e. The molecule has 0 aliphatic carbocycles. The van der Waals surface area contributed by atoms with Gasteiger partial charge < -0.3 is 8.97 Å². The fourth-order valence-electron chi connectivity index (χ4n) is 4.45. The highest BCUT2D eigenvalue weighted by Crippen LogP contribution is 2.28. The molecule has 1 aliphatic rings. The van der Waals surface area contributed by atoms with Crippen LogP contribution in [0, 0.1) is 25.1 Å². The number of hydrogen-bond donors (Lipinski definition) is 0. The number of nitrogens with zero attached hydrogens (tertiary/aromatic N) is 6. The molecule has 8 heteroatoms. The molecule has 4 aromatic heterocycles. The van der Waals surface area contributed by atoms with Crippen LogP contribution in [0.2, 0.25) is 12.6 Å². The average Bonchev–Trinajstić information content (AvgIpc) is 3.21. The van der Waals surface area contributed by atoms with Gasteiger partial charge in [-0.3, -0.25) is 4.79 Å². The van der Waals surface area contributed by atoms with E-state index in [1.165, 1.54) is 0 Å². The van der Waals surface area contributed by atoms with Crippen LogP contribution in [-0.2, 0) is 0 Å². The lowest BCUT2D eigenvalue weighted by Crippen LogP contribution is -2.29. The van der Waals surface area contributed by atoms with Crippen LogP contribution in [0.15, 0.2) is 41.6 Å². The summed E-state index contributed by atoms with van der Waals surface area (Å²) >= 11 is 0. The predicted molar refractivity (Wildman–Crippen MR) is 128 cm³/mol. The number of fused-ring (bicyclic) bond motifs is 2. The molecular formula is C24H27BN6O. The molecule has 1 fully saturated rings. The van der Waals surface area contributed by atoms with Crippen LogP contribution in [0.25, 0.3) is 27.9 Å². The molecule has 0 amide bonds. The molecule has 162 valence electrons. The minimum absolute atomic E-state index is 0.0169. The summed E-state index contributed by atoms with van der Waals surface area (Å²) in [5.41, 5.74) is 4.74. The quantitative estimate of drug-likeness (QED) is 0.436. The van der Waals surface area contributed by atoms with Crippen molar-refractivity contribution in [3.63, 3.8) is 0 Å². The molecule has 0 aromatic carbocycles. The normalized spacial score (nSPS) is 14.3. The van der Waals surface area contributed by atoms with Crippen LogP contribution >= 0.6 is 0 Å². The highest BCUT2D eigenvalue weighted by Gasteiger charge is 2.26. The van der Waals surface area contributed by atoms with Crippen molar-refractivity contribution in [1.29, 1.82) is 5.26 Å². The Bertz CT molecular complexity index is 1380.